The molecule has 0 fully saturated rings. The summed E-state index contributed by atoms with van der Waals surface area (Å²) in [5.41, 5.74) is -0.510. The second-order valence-electron chi connectivity index (χ2n) is 7.22. The van der Waals surface area contributed by atoms with E-state index in [0.717, 1.165) is 12.2 Å². The number of rotatable bonds is 15. The average molecular weight is 426 g/mol. The highest BCUT2D eigenvalue weighted by Crippen LogP contribution is 2.12. The number of aliphatic hydroxyl groups excluding tert-OH is 1. The van der Waals surface area contributed by atoms with Gasteiger partial charge in [-0.1, -0.05) is 51.9 Å². The molecule has 0 aliphatic rings. The van der Waals surface area contributed by atoms with Gasteiger partial charge < -0.3 is 15.4 Å². The van der Waals surface area contributed by atoms with Crippen LogP contribution in [0, 0.1) is 6.92 Å². The van der Waals surface area contributed by atoms with Gasteiger partial charge in [-0.05, 0) is 25.2 Å². The third-order valence-electron chi connectivity index (χ3n) is 4.61. The van der Waals surface area contributed by atoms with Gasteiger partial charge in [0.15, 0.2) is 0 Å². The summed E-state index contributed by atoms with van der Waals surface area (Å²) in [5, 5.41) is 12.2. The van der Waals surface area contributed by atoms with Crippen molar-refractivity contribution in [2.75, 3.05) is 18.1 Å². The summed E-state index contributed by atoms with van der Waals surface area (Å²) in [6.07, 6.45) is 12.8. The molecule has 0 bridgehead atoms. The van der Waals surface area contributed by atoms with Crippen molar-refractivity contribution in [3.05, 3.63) is 38.2 Å². The lowest BCUT2D eigenvalue weighted by Crippen LogP contribution is -2.38. The maximum absolute atomic E-state index is 12.1. The van der Waals surface area contributed by atoms with Crippen LogP contribution in [0.25, 0.3) is 6.08 Å². The van der Waals surface area contributed by atoms with E-state index in [4.69, 9.17) is 0 Å². The minimum absolute atomic E-state index is 0.137. The number of amides is 1. The molecule has 0 aliphatic heterocycles. The highest BCUT2D eigenvalue weighted by atomic mass is 32.2. The molecule has 0 spiro atoms. The summed E-state index contributed by atoms with van der Waals surface area (Å²) in [6, 6.07) is -0.332. The summed E-state index contributed by atoms with van der Waals surface area (Å²) < 4.78 is 0. The number of aryl methyl sites for hydroxylation is 1. The van der Waals surface area contributed by atoms with Crippen molar-refractivity contribution in [2.45, 2.75) is 71.3 Å². The Morgan fingerprint density at radius 3 is 2.38 bits per heavy atom. The van der Waals surface area contributed by atoms with Crippen LogP contribution in [0.5, 0.6) is 0 Å². The summed E-state index contributed by atoms with van der Waals surface area (Å²) >= 11 is 1.73. The van der Waals surface area contributed by atoms with E-state index >= 15 is 0 Å². The molecule has 0 saturated heterocycles. The Morgan fingerprint density at radius 1 is 1.10 bits per heavy atom. The van der Waals surface area contributed by atoms with E-state index in [0.29, 0.717) is 11.4 Å². The van der Waals surface area contributed by atoms with Crippen LogP contribution >= 0.6 is 11.8 Å². The van der Waals surface area contributed by atoms with Gasteiger partial charge >= 0.3 is 5.69 Å². The number of hydrogen-bond acceptors (Lipinski definition) is 5. The van der Waals surface area contributed by atoms with Crippen molar-refractivity contribution in [2.24, 2.45) is 0 Å². The van der Waals surface area contributed by atoms with E-state index in [2.05, 4.69) is 22.2 Å². The van der Waals surface area contributed by atoms with E-state index in [-0.39, 0.29) is 24.1 Å². The smallest absolute Gasteiger partial charge is 0.325 e. The normalized spacial score (nSPS) is 12.4. The maximum atomic E-state index is 12.1. The zero-order valence-electron chi connectivity index (χ0n) is 17.6. The predicted octanol–water partition coefficient (Wildman–Crippen LogP) is 2.74. The van der Waals surface area contributed by atoms with E-state index in [9.17, 15) is 19.5 Å². The lowest BCUT2D eigenvalue weighted by molar-refractivity contribution is -0.117. The number of nitrogens with one attached hydrogen (secondary N) is 3. The SMILES string of the molecule is CCCCCCCCCCSC[C@H](CO)NC(=O)/C=C/c1c(C)[nH]c(=O)[nH]c1=O. The molecule has 164 valence electrons. The van der Waals surface area contributed by atoms with Crippen LogP contribution in [0.2, 0.25) is 0 Å². The van der Waals surface area contributed by atoms with E-state index in [1.165, 1.54) is 57.1 Å². The zero-order valence-corrected chi connectivity index (χ0v) is 18.4. The molecule has 4 N–H and O–H groups in total. The third kappa shape index (κ3) is 11.1. The van der Waals surface area contributed by atoms with Gasteiger partial charge in [0.1, 0.15) is 0 Å². The number of hydrogen-bond donors (Lipinski definition) is 4. The Kier molecular flexibility index (Phi) is 13.1. The molecule has 1 heterocycles. The number of thioether (sulfide) groups is 1. The third-order valence-corrected chi connectivity index (χ3v) is 5.82. The topological polar surface area (TPSA) is 115 Å². The highest BCUT2D eigenvalue weighted by molar-refractivity contribution is 7.99. The quantitative estimate of drug-likeness (QED) is 0.255. The Hall–Kier alpha value is -1.80. The van der Waals surface area contributed by atoms with Crippen molar-refractivity contribution >= 4 is 23.7 Å². The van der Waals surface area contributed by atoms with Gasteiger partial charge in [0.05, 0.1) is 18.2 Å². The van der Waals surface area contributed by atoms with Crippen LogP contribution in [-0.4, -0.2) is 45.1 Å². The first-order valence-corrected chi connectivity index (χ1v) is 11.6. The first-order chi connectivity index (χ1) is 14.0. The minimum Gasteiger partial charge on any atom is -0.394 e. The fourth-order valence-electron chi connectivity index (χ4n) is 2.92. The van der Waals surface area contributed by atoms with Crippen molar-refractivity contribution < 1.29 is 9.90 Å². The second-order valence-corrected chi connectivity index (χ2v) is 8.37. The Bertz CT molecular complexity index is 742. The standard InChI is InChI=1S/C21H35N3O4S/c1-3-4-5-6-7-8-9-10-13-29-15-17(14-25)23-19(26)12-11-18-16(2)22-21(28)24-20(18)27/h11-12,17,25H,3-10,13-15H2,1-2H3,(H,23,26)(H2,22,24,27,28)/b12-11+/t17-/m0/s1. The van der Waals surface area contributed by atoms with Crippen LogP contribution in [-0.2, 0) is 4.79 Å². The molecule has 0 saturated carbocycles. The number of H-pyrrole nitrogens is 2. The average Bonchev–Trinajstić information content (AvgIpc) is 2.67. The molecule has 8 heteroatoms. The van der Waals surface area contributed by atoms with E-state index in [1.54, 1.807) is 18.7 Å². The number of carbonyl (C=O) groups is 1. The zero-order chi connectivity index (χ0) is 21.5. The van der Waals surface area contributed by atoms with Crippen LogP contribution in [0.4, 0.5) is 0 Å². The Morgan fingerprint density at radius 2 is 1.76 bits per heavy atom. The Balaban J connectivity index is 2.27. The van der Waals surface area contributed by atoms with Gasteiger partial charge in [0.2, 0.25) is 5.91 Å². The molecule has 0 radical (unpaired) electrons. The summed E-state index contributed by atoms with van der Waals surface area (Å²) in [5.74, 6) is 1.27. The number of aromatic amines is 2. The molecule has 1 aromatic heterocycles. The molecule has 0 unspecified atom stereocenters. The number of aliphatic hydroxyl groups is 1. The number of aromatic nitrogens is 2. The van der Waals surface area contributed by atoms with Gasteiger partial charge in [0, 0.05) is 17.5 Å². The lowest BCUT2D eigenvalue weighted by Gasteiger charge is -2.14. The molecular weight excluding hydrogens is 390 g/mol. The molecular formula is C21H35N3O4S. The van der Waals surface area contributed by atoms with Gasteiger partial charge in [-0.25, -0.2) is 4.79 Å². The fraction of sp³-hybridized carbons (Fsp3) is 0.667. The monoisotopic (exact) mass is 425 g/mol. The largest absolute Gasteiger partial charge is 0.394 e. The van der Waals surface area contributed by atoms with Crippen molar-refractivity contribution in [1.29, 1.82) is 0 Å². The molecule has 7 nitrogen and oxygen atoms in total. The number of unbranched alkanes of at least 4 members (excludes halogenated alkanes) is 7. The first kappa shape index (κ1) is 25.2. The first-order valence-electron chi connectivity index (χ1n) is 10.5. The van der Waals surface area contributed by atoms with Gasteiger partial charge in [-0.15, -0.1) is 0 Å². The molecule has 29 heavy (non-hydrogen) atoms. The van der Waals surface area contributed by atoms with Gasteiger partial charge in [-0.3, -0.25) is 14.6 Å². The van der Waals surface area contributed by atoms with E-state index in [1.807, 2.05) is 0 Å². The molecule has 0 aromatic carbocycles. The van der Waals surface area contributed by atoms with Crippen LogP contribution in [0.15, 0.2) is 15.7 Å². The van der Waals surface area contributed by atoms with Crippen LogP contribution in [0.1, 0.15) is 69.5 Å². The van der Waals surface area contributed by atoms with Crippen molar-refractivity contribution in [3.63, 3.8) is 0 Å². The van der Waals surface area contributed by atoms with Gasteiger partial charge in [-0.2, -0.15) is 11.8 Å². The van der Waals surface area contributed by atoms with Crippen LogP contribution in [0.3, 0.4) is 0 Å². The fourth-order valence-corrected chi connectivity index (χ4v) is 3.97. The summed E-state index contributed by atoms with van der Waals surface area (Å²) in [7, 11) is 0. The van der Waals surface area contributed by atoms with Crippen LogP contribution < -0.4 is 16.6 Å². The lowest BCUT2D eigenvalue weighted by atomic mass is 10.1. The predicted molar refractivity (Wildman–Crippen MR) is 120 cm³/mol. The summed E-state index contributed by atoms with van der Waals surface area (Å²) in [4.78, 5) is 39.6. The number of carbonyl (C=O) groups excluding carboxylic acids is 1. The molecule has 0 aliphatic carbocycles. The van der Waals surface area contributed by atoms with Gasteiger partial charge in [0.25, 0.3) is 5.56 Å². The molecule has 1 amide bonds. The minimum atomic E-state index is -0.581. The second kappa shape index (κ2) is 15.1. The summed E-state index contributed by atoms with van der Waals surface area (Å²) in [6.45, 7) is 3.68. The maximum Gasteiger partial charge on any atom is 0.325 e. The van der Waals surface area contributed by atoms with Crippen molar-refractivity contribution in [1.82, 2.24) is 15.3 Å². The Labute approximate surface area is 176 Å². The highest BCUT2D eigenvalue weighted by Gasteiger charge is 2.10. The molecule has 1 aromatic rings. The van der Waals surface area contributed by atoms with Crippen molar-refractivity contribution in [3.8, 4) is 0 Å². The van der Waals surface area contributed by atoms with E-state index < -0.39 is 11.2 Å². The molecule has 1 rings (SSSR count). The molecule has 1 atom stereocenters.